The molecule has 1 heterocycles. The molecule has 0 radical (unpaired) electrons. The largest absolute Gasteiger partial charge is 0.370 e. The van der Waals surface area contributed by atoms with Crippen LogP contribution in [0.3, 0.4) is 0 Å². The first-order valence-corrected chi connectivity index (χ1v) is 8.75. The van der Waals surface area contributed by atoms with Crippen LogP contribution in [0.15, 0.2) is 35.3 Å². The van der Waals surface area contributed by atoms with Gasteiger partial charge in [-0.25, -0.2) is 0 Å². The van der Waals surface area contributed by atoms with Crippen molar-refractivity contribution in [3.63, 3.8) is 0 Å². The number of quaternary nitrogens is 1. The van der Waals surface area contributed by atoms with Crippen LogP contribution in [0.1, 0.15) is 24.3 Å². The summed E-state index contributed by atoms with van der Waals surface area (Å²) < 4.78 is 5.33. The first kappa shape index (κ1) is 17.0. The predicted molar refractivity (Wildman–Crippen MR) is 91.7 cm³/mol. The average Bonchev–Trinajstić information content (AvgIpc) is 2.62. The Kier molecular flexibility index (Phi) is 5.88. The monoisotopic (exact) mass is 329 g/mol. The van der Waals surface area contributed by atoms with E-state index >= 15 is 0 Å². The molecule has 0 aromatic heterocycles. The minimum absolute atomic E-state index is 0.00238. The lowest BCUT2D eigenvalue weighted by Crippen LogP contribution is -3.14. The maximum absolute atomic E-state index is 12.4. The smallest absolute Gasteiger partial charge is 0.149 e. The Morgan fingerprint density at radius 2 is 1.75 bits per heavy atom. The van der Waals surface area contributed by atoms with Gasteiger partial charge < -0.3 is 9.64 Å². The molecule has 0 unspecified atom stereocenters. The van der Waals surface area contributed by atoms with E-state index in [1.807, 2.05) is 30.3 Å². The standard InChI is InChI=1S/C19H24N2O3/c22-18-12-16(15-4-2-1-3-5-15)13-19(23)17(18)14-20-6-7-21-8-10-24-11-9-21/h1-5,14,16-17H,6-13H2/p+1. The molecule has 0 spiro atoms. The van der Waals surface area contributed by atoms with E-state index in [1.165, 1.54) is 4.90 Å². The van der Waals surface area contributed by atoms with E-state index in [-0.39, 0.29) is 17.5 Å². The molecule has 0 amide bonds. The van der Waals surface area contributed by atoms with E-state index < -0.39 is 5.92 Å². The molecule has 1 N–H and O–H groups in total. The van der Waals surface area contributed by atoms with Crippen molar-refractivity contribution < 1.29 is 19.2 Å². The van der Waals surface area contributed by atoms with Crippen molar-refractivity contribution in [2.45, 2.75) is 18.8 Å². The number of nitrogens with zero attached hydrogens (tertiary/aromatic N) is 1. The van der Waals surface area contributed by atoms with Gasteiger partial charge in [0.05, 0.1) is 26.3 Å². The summed E-state index contributed by atoms with van der Waals surface area (Å²) in [4.78, 5) is 30.5. The third-order valence-corrected chi connectivity index (χ3v) is 4.91. The maximum atomic E-state index is 12.4. The zero-order valence-corrected chi connectivity index (χ0v) is 13.9. The number of carbonyl (C=O) groups is 2. The molecule has 2 fully saturated rings. The van der Waals surface area contributed by atoms with E-state index in [4.69, 9.17) is 4.74 Å². The van der Waals surface area contributed by atoms with E-state index in [2.05, 4.69) is 4.99 Å². The summed E-state index contributed by atoms with van der Waals surface area (Å²) in [5, 5.41) is 0. The third kappa shape index (κ3) is 4.36. The Labute approximate surface area is 142 Å². The molecule has 1 aromatic rings. The van der Waals surface area contributed by atoms with Crippen molar-refractivity contribution in [3.8, 4) is 0 Å². The van der Waals surface area contributed by atoms with Crippen molar-refractivity contribution >= 4 is 17.8 Å². The molecule has 1 aliphatic heterocycles. The number of hydrogen-bond acceptors (Lipinski definition) is 4. The Morgan fingerprint density at radius 1 is 1.08 bits per heavy atom. The predicted octanol–water partition coefficient (Wildman–Crippen LogP) is 0.304. The van der Waals surface area contributed by atoms with Crippen LogP contribution >= 0.6 is 0 Å². The zero-order chi connectivity index (χ0) is 16.8. The van der Waals surface area contributed by atoms with Gasteiger partial charge in [0, 0.05) is 19.1 Å². The van der Waals surface area contributed by atoms with Crippen LogP contribution in [0, 0.1) is 5.92 Å². The van der Waals surface area contributed by atoms with Gasteiger partial charge in [0.15, 0.2) is 0 Å². The summed E-state index contributed by atoms with van der Waals surface area (Å²) in [5.41, 5.74) is 1.07. The second-order valence-corrected chi connectivity index (χ2v) is 6.59. The molecule has 0 bridgehead atoms. The first-order valence-electron chi connectivity index (χ1n) is 8.75. The normalized spacial score (nSPS) is 26.2. The van der Waals surface area contributed by atoms with E-state index in [1.54, 1.807) is 6.21 Å². The SMILES string of the molecule is O=C1CC(c2ccccc2)CC(=O)C1C=NCC[NH+]1CCOCC1. The summed E-state index contributed by atoms with van der Waals surface area (Å²) >= 11 is 0. The number of Topliss-reactive ketones (excluding diaryl/α,β-unsaturated/α-hetero) is 2. The number of rotatable bonds is 5. The topological polar surface area (TPSA) is 60.2 Å². The van der Waals surface area contributed by atoms with Crippen molar-refractivity contribution in [3.05, 3.63) is 35.9 Å². The van der Waals surface area contributed by atoms with Gasteiger partial charge >= 0.3 is 0 Å². The van der Waals surface area contributed by atoms with E-state index in [0.717, 1.165) is 38.4 Å². The molecule has 1 aliphatic carbocycles. The van der Waals surface area contributed by atoms with Gasteiger partial charge in [0.2, 0.25) is 0 Å². The highest BCUT2D eigenvalue weighted by Crippen LogP contribution is 2.31. The number of nitrogens with one attached hydrogen (secondary N) is 1. The molecule has 1 saturated carbocycles. The molecule has 3 rings (SSSR count). The van der Waals surface area contributed by atoms with Gasteiger partial charge in [-0.1, -0.05) is 30.3 Å². The lowest BCUT2D eigenvalue weighted by Gasteiger charge is -2.25. The highest BCUT2D eigenvalue weighted by atomic mass is 16.5. The molecule has 5 heteroatoms. The fraction of sp³-hybridized carbons (Fsp3) is 0.526. The first-order chi connectivity index (χ1) is 11.7. The van der Waals surface area contributed by atoms with E-state index in [0.29, 0.717) is 19.4 Å². The van der Waals surface area contributed by atoms with Gasteiger partial charge in [0.1, 0.15) is 30.6 Å². The summed E-state index contributed by atoms with van der Waals surface area (Å²) in [6.45, 7) is 5.22. The molecule has 1 saturated heterocycles. The fourth-order valence-corrected chi connectivity index (χ4v) is 3.43. The molecular formula is C19H25N2O3+. The third-order valence-electron chi connectivity index (χ3n) is 4.91. The Hall–Kier alpha value is -1.85. The maximum Gasteiger partial charge on any atom is 0.149 e. The Morgan fingerprint density at radius 3 is 2.42 bits per heavy atom. The van der Waals surface area contributed by atoms with Crippen LogP contribution in [0.4, 0.5) is 0 Å². The number of ether oxygens (including phenoxy) is 1. The molecular weight excluding hydrogens is 304 g/mol. The number of hydrogen-bond donors (Lipinski definition) is 1. The van der Waals surface area contributed by atoms with Crippen molar-refractivity contribution in [1.29, 1.82) is 0 Å². The second kappa shape index (κ2) is 8.31. The summed E-state index contributed by atoms with van der Waals surface area (Å²) in [6.07, 6.45) is 2.45. The minimum atomic E-state index is -0.635. The Balaban J connectivity index is 1.51. The van der Waals surface area contributed by atoms with Crippen LogP contribution in [-0.2, 0) is 14.3 Å². The van der Waals surface area contributed by atoms with Gasteiger partial charge in [0.25, 0.3) is 0 Å². The van der Waals surface area contributed by atoms with Gasteiger partial charge in [-0.15, -0.1) is 0 Å². The number of benzene rings is 1. The molecule has 0 atom stereocenters. The highest BCUT2D eigenvalue weighted by molar-refractivity contribution is 6.16. The minimum Gasteiger partial charge on any atom is -0.370 e. The number of morpholine rings is 1. The zero-order valence-electron chi connectivity index (χ0n) is 13.9. The quantitative estimate of drug-likeness (QED) is 0.625. The fourth-order valence-electron chi connectivity index (χ4n) is 3.43. The Bertz CT molecular complexity index is 576. The van der Waals surface area contributed by atoms with Crippen molar-refractivity contribution in [2.75, 3.05) is 39.4 Å². The highest BCUT2D eigenvalue weighted by Gasteiger charge is 2.34. The number of aliphatic imine (C=N–C) groups is 1. The lowest BCUT2D eigenvalue weighted by molar-refractivity contribution is -0.906. The molecule has 128 valence electrons. The van der Waals surface area contributed by atoms with Crippen LogP contribution in [-0.4, -0.2) is 57.2 Å². The summed E-state index contributed by atoms with van der Waals surface area (Å²) in [6, 6.07) is 9.83. The van der Waals surface area contributed by atoms with Crippen molar-refractivity contribution in [1.82, 2.24) is 0 Å². The second-order valence-electron chi connectivity index (χ2n) is 6.59. The molecule has 5 nitrogen and oxygen atoms in total. The van der Waals surface area contributed by atoms with Gasteiger partial charge in [-0.05, 0) is 11.5 Å². The summed E-state index contributed by atoms with van der Waals surface area (Å²) in [7, 11) is 0. The van der Waals surface area contributed by atoms with Crippen LogP contribution < -0.4 is 4.90 Å². The van der Waals surface area contributed by atoms with Crippen LogP contribution in [0.2, 0.25) is 0 Å². The number of carbonyl (C=O) groups excluding carboxylic acids is 2. The van der Waals surface area contributed by atoms with Gasteiger partial charge in [-0.2, -0.15) is 0 Å². The molecule has 24 heavy (non-hydrogen) atoms. The van der Waals surface area contributed by atoms with Gasteiger partial charge in [-0.3, -0.25) is 14.6 Å². The summed E-state index contributed by atoms with van der Waals surface area (Å²) in [5.74, 6) is -0.608. The molecule has 2 aliphatic rings. The number of ketones is 2. The van der Waals surface area contributed by atoms with Crippen molar-refractivity contribution in [2.24, 2.45) is 10.9 Å². The van der Waals surface area contributed by atoms with Crippen LogP contribution in [0.25, 0.3) is 0 Å². The van der Waals surface area contributed by atoms with Crippen LogP contribution in [0.5, 0.6) is 0 Å². The molecule has 1 aromatic carbocycles. The lowest BCUT2D eigenvalue weighted by atomic mass is 9.77. The average molecular weight is 329 g/mol. The van der Waals surface area contributed by atoms with E-state index in [9.17, 15) is 9.59 Å².